The number of alkyl halides is 3. The highest BCUT2D eigenvalue weighted by Gasteiger charge is 2.29. The molecule has 0 amide bonds. The number of aromatic amines is 1. The van der Waals surface area contributed by atoms with Gasteiger partial charge >= 0.3 is 6.18 Å². The van der Waals surface area contributed by atoms with Gasteiger partial charge in [-0.15, -0.1) is 0 Å². The second-order valence-corrected chi connectivity index (χ2v) is 8.10. The zero-order chi connectivity index (χ0) is 22.0. The number of hydrogen-bond donors (Lipinski definition) is 3. The minimum Gasteiger partial charge on any atom is -0.360 e. The molecule has 2 aromatic heterocycles. The largest absolute Gasteiger partial charge is 0.416 e. The Labute approximate surface area is 179 Å². The van der Waals surface area contributed by atoms with Crippen molar-refractivity contribution in [2.45, 2.75) is 18.6 Å². The molecule has 31 heavy (non-hydrogen) atoms. The van der Waals surface area contributed by atoms with Gasteiger partial charge in [0.05, 0.1) is 22.0 Å². The number of rotatable bonds is 6. The first-order valence-electron chi connectivity index (χ1n) is 9.39. The molecule has 0 saturated heterocycles. The molecule has 4 rings (SSSR count). The van der Waals surface area contributed by atoms with Crippen LogP contribution in [0.15, 0.2) is 59.7 Å². The topological polar surface area (TPSA) is 96.7 Å². The average Bonchev–Trinajstić information content (AvgIpc) is 3.21. The van der Waals surface area contributed by atoms with E-state index in [-0.39, 0.29) is 11.6 Å². The number of hydrogen-bond acceptors (Lipinski definition) is 6. The van der Waals surface area contributed by atoms with Gasteiger partial charge in [-0.3, -0.25) is 4.79 Å². The smallest absolute Gasteiger partial charge is 0.360 e. The Balaban J connectivity index is 1.37. The van der Waals surface area contributed by atoms with Crippen LogP contribution in [0, 0.1) is 0 Å². The minimum absolute atomic E-state index is 0.238. The molecule has 0 aliphatic rings. The van der Waals surface area contributed by atoms with Crippen molar-refractivity contribution in [2.24, 2.45) is 5.73 Å². The van der Waals surface area contributed by atoms with Gasteiger partial charge in [-0.2, -0.15) is 18.3 Å². The summed E-state index contributed by atoms with van der Waals surface area (Å²) in [6, 6.07) is 10.2. The van der Waals surface area contributed by atoms with Crippen molar-refractivity contribution in [1.82, 2.24) is 15.2 Å². The molecule has 0 saturated carbocycles. The van der Waals surface area contributed by atoms with E-state index in [1.54, 1.807) is 18.5 Å². The molecule has 2 aromatic carbocycles. The number of nitrogens with one attached hydrogen (secondary N) is 2. The predicted molar refractivity (Wildman–Crippen MR) is 115 cm³/mol. The monoisotopic (exact) mass is 445 g/mol. The third kappa shape index (κ3) is 4.92. The quantitative estimate of drug-likeness (QED) is 0.416. The predicted octanol–water partition coefficient (Wildman–Crippen LogP) is 4.05. The summed E-state index contributed by atoms with van der Waals surface area (Å²) >= 11 is 1.44. The molecule has 0 aliphatic carbocycles. The minimum atomic E-state index is -4.35. The molecule has 0 spiro atoms. The molecule has 160 valence electrons. The van der Waals surface area contributed by atoms with Crippen molar-refractivity contribution in [1.29, 1.82) is 0 Å². The summed E-state index contributed by atoms with van der Waals surface area (Å²) in [7, 11) is 0. The summed E-state index contributed by atoms with van der Waals surface area (Å²) in [5, 5.41) is 11.4. The number of fused-ring (bicyclic) bond motifs is 1. The summed E-state index contributed by atoms with van der Waals surface area (Å²) < 4.78 is 38.0. The molecular formula is C21H18F3N5OS. The second kappa shape index (κ2) is 8.48. The summed E-state index contributed by atoms with van der Waals surface area (Å²) in [6.07, 6.45) is -0.575. The lowest BCUT2D eigenvalue weighted by Gasteiger charge is -2.13. The molecule has 1 unspecified atom stereocenters. The highest BCUT2D eigenvalue weighted by atomic mass is 32.1. The Bertz CT molecular complexity index is 1250. The van der Waals surface area contributed by atoms with Crippen molar-refractivity contribution in [3.63, 3.8) is 0 Å². The molecule has 2 heterocycles. The van der Waals surface area contributed by atoms with E-state index in [2.05, 4.69) is 20.5 Å². The third-order valence-electron chi connectivity index (χ3n) is 4.75. The van der Waals surface area contributed by atoms with Gasteiger partial charge < -0.3 is 11.1 Å². The van der Waals surface area contributed by atoms with Crippen molar-refractivity contribution in [2.75, 3.05) is 11.9 Å². The molecule has 10 heteroatoms. The van der Waals surface area contributed by atoms with Gasteiger partial charge in [0.2, 0.25) is 0 Å². The number of nitrogens with zero attached hydrogens (tertiary/aromatic N) is 2. The van der Waals surface area contributed by atoms with E-state index in [1.165, 1.54) is 23.5 Å². The van der Waals surface area contributed by atoms with Gasteiger partial charge in [-0.1, -0.05) is 29.5 Å². The standard InChI is InChI=1S/C21H18F3N5OS/c22-21(23,24)15-4-1-12(2-5-15)7-16(25)10-26-20-27-11-18(31-20)13-3-6-17-14(8-13)9-28-29-19(17)30/h1-6,8-9,11,16H,7,10,25H2,(H,26,27)(H,29,30). The molecule has 0 aliphatic heterocycles. The number of H-pyrrole nitrogens is 1. The lowest BCUT2D eigenvalue weighted by Crippen LogP contribution is -2.31. The third-order valence-corrected chi connectivity index (χ3v) is 5.75. The van der Waals surface area contributed by atoms with E-state index >= 15 is 0 Å². The van der Waals surface area contributed by atoms with Crippen LogP contribution in [-0.2, 0) is 12.6 Å². The van der Waals surface area contributed by atoms with Crippen LogP contribution in [0.5, 0.6) is 0 Å². The van der Waals surface area contributed by atoms with Gasteiger partial charge in [0, 0.05) is 24.2 Å². The van der Waals surface area contributed by atoms with Crippen LogP contribution in [0.2, 0.25) is 0 Å². The van der Waals surface area contributed by atoms with Gasteiger partial charge in [0.15, 0.2) is 5.13 Å². The van der Waals surface area contributed by atoms with Crippen molar-refractivity contribution in [3.05, 3.63) is 76.3 Å². The number of halogens is 3. The van der Waals surface area contributed by atoms with Crippen LogP contribution in [0.3, 0.4) is 0 Å². The lowest BCUT2D eigenvalue weighted by atomic mass is 10.0. The Morgan fingerprint density at radius 3 is 2.65 bits per heavy atom. The fourth-order valence-corrected chi connectivity index (χ4v) is 3.98. The zero-order valence-corrected chi connectivity index (χ0v) is 16.9. The zero-order valence-electron chi connectivity index (χ0n) is 16.1. The lowest BCUT2D eigenvalue weighted by molar-refractivity contribution is -0.137. The number of nitrogens with two attached hydrogens (primary N) is 1. The van der Waals surface area contributed by atoms with E-state index in [4.69, 9.17) is 5.73 Å². The molecular weight excluding hydrogens is 427 g/mol. The summed E-state index contributed by atoms with van der Waals surface area (Å²) in [5.41, 5.74) is 6.87. The maximum Gasteiger partial charge on any atom is 0.416 e. The van der Waals surface area contributed by atoms with Crippen LogP contribution in [-0.4, -0.2) is 27.8 Å². The molecule has 1 atom stereocenters. The number of thiazole rings is 1. The second-order valence-electron chi connectivity index (χ2n) is 7.07. The van der Waals surface area contributed by atoms with E-state index < -0.39 is 11.7 Å². The van der Waals surface area contributed by atoms with E-state index in [9.17, 15) is 18.0 Å². The molecule has 0 radical (unpaired) electrons. The van der Waals surface area contributed by atoms with E-state index in [1.807, 2.05) is 12.1 Å². The number of aromatic nitrogens is 3. The van der Waals surface area contributed by atoms with E-state index in [0.29, 0.717) is 23.5 Å². The average molecular weight is 445 g/mol. The summed E-state index contributed by atoms with van der Waals surface area (Å²) in [5.74, 6) is 0. The van der Waals surface area contributed by atoms with Crippen molar-refractivity contribution >= 4 is 27.2 Å². The van der Waals surface area contributed by atoms with E-state index in [0.717, 1.165) is 33.5 Å². The Hall–Kier alpha value is -3.24. The van der Waals surface area contributed by atoms with Crippen molar-refractivity contribution < 1.29 is 13.2 Å². The molecule has 4 aromatic rings. The first-order valence-corrected chi connectivity index (χ1v) is 10.2. The van der Waals surface area contributed by atoms with Crippen molar-refractivity contribution in [3.8, 4) is 10.4 Å². The summed E-state index contributed by atoms with van der Waals surface area (Å²) in [4.78, 5) is 17.0. The number of benzene rings is 2. The van der Waals surface area contributed by atoms with Crippen LogP contribution in [0.1, 0.15) is 11.1 Å². The summed E-state index contributed by atoms with van der Waals surface area (Å²) in [6.45, 7) is 0.422. The Morgan fingerprint density at radius 1 is 1.13 bits per heavy atom. The fourth-order valence-electron chi connectivity index (χ4n) is 3.16. The van der Waals surface area contributed by atoms with Gasteiger partial charge in [-0.05, 0) is 41.8 Å². The molecule has 0 fully saturated rings. The van der Waals surface area contributed by atoms with Gasteiger partial charge in [0.1, 0.15) is 0 Å². The first kappa shape index (κ1) is 21.0. The first-order chi connectivity index (χ1) is 14.8. The molecule has 6 nitrogen and oxygen atoms in total. The van der Waals surface area contributed by atoms with Crippen LogP contribution < -0.4 is 16.6 Å². The Kier molecular flexibility index (Phi) is 5.75. The van der Waals surface area contributed by atoms with Crippen LogP contribution in [0.4, 0.5) is 18.3 Å². The van der Waals surface area contributed by atoms with Crippen LogP contribution in [0.25, 0.3) is 21.2 Å². The number of anilines is 1. The van der Waals surface area contributed by atoms with Gasteiger partial charge in [-0.25, -0.2) is 10.1 Å². The maximum atomic E-state index is 12.7. The van der Waals surface area contributed by atoms with Gasteiger partial charge in [0.25, 0.3) is 5.56 Å². The maximum absolute atomic E-state index is 12.7. The highest BCUT2D eigenvalue weighted by molar-refractivity contribution is 7.18. The highest BCUT2D eigenvalue weighted by Crippen LogP contribution is 2.31. The molecule has 4 N–H and O–H groups in total. The SMILES string of the molecule is NC(CNc1ncc(-c2ccc3c(=O)[nH]ncc3c2)s1)Cc1ccc(C(F)(F)F)cc1. The van der Waals surface area contributed by atoms with Crippen LogP contribution >= 0.6 is 11.3 Å². The fraction of sp³-hybridized carbons (Fsp3) is 0.190. The Morgan fingerprint density at radius 2 is 1.90 bits per heavy atom. The molecule has 0 bridgehead atoms. The normalized spacial score (nSPS) is 12.8.